The summed E-state index contributed by atoms with van der Waals surface area (Å²) in [6, 6.07) is 7.32. The molecule has 3 N–H and O–H groups in total. The molecule has 0 atom stereocenters. The van der Waals surface area contributed by atoms with Gasteiger partial charge in [-0.2, -0.15) is 0 Å². The van der Waals surface area contributed by atoms with E-state index in [-0.39, 0.29) is 18.3 Å². The van der Waals surface area contributed by atoms with Crippen LogP contribution in [0.1, 0.15) is 29.1 Å². The van der Waals surface area contributed by atoms with E-state index >= 15 is 0 Å². The Labute approximate surface area is 126 Å². The molecule has 1 aromatic carbocycles. The Kier molecular flexibility index (Phi) is 5.07. The number of carbonyl (C=O) groups excluding carboxylic acids is 1. The molecule has 116 valence electrons. The van der Waals surface area contributed by atoms with E-state index in [1.165, 1.54) is 0 Å². The molecule has 0 aliphatic carbocycles. The normalized spacial score (nSPS) is 10.2. The van der Waals surface area contributed by atoms with Crippen molar-refractivity contribution in [2.45, 2.75) is 19.3 Å². The first-order chi connectivity index (χ1) is 10.6. The van der Waals surface area contributed by atoms with Crippen LogP contribution in [-0.4, -0.2) is 34.2 Å². The van der Waals surface area contributed by atoms with Crippen molar-refractivity contribution >= 4 is 23.6 Å². The number of aryl methyl sites for hydroxylation is 1. The van der Waals surface area contributed by atoms with E-state index in [9.17, 15) is 9.59 Å². The Morgan fingerprint density at radius 2 is 1.95 bits per heavy atom. The number of carbonyl (C=O) groups is 2. The molecule has 2 rings (SSSR count). The van der Waals surface area contributed by atoms with Crippen LogP contribution in [0.2, 0.25) is 0 Å². The van der Waals surface area contributed by atoms with Gasteiger partial charge in [0.15, 0.2) is 0 Å². The minimum atomic E-state index is -0.802. The van der Waals surface area contributed by atoms with Crippen molar-refractivity contribution in [3.05, 3.63) is 35.7 Å². The Bertz CT molecular complexity index is 651. The number of nitrogens with zero attached hydrogens (tertiary/aromatic N) is 2. The number of anilines is 2. The molecule has 1 heterocycles. The lowest BCUT2D eigenvalue weighted by Gasteiger charge is -2.04. The summed E-state index contributed by atoms with van der Waals surface area (Å²) in [4.78, 5) is 22.3. The van der Waals surface area contributed by atoms with Gasteiger partial charge in [-0.1, -0.05) is 17.2 Å². The highest BCUT2D eigenvalue weighted by Gasteiger charge is 2.14. The van der Waals surface area contributed by atoms with Crippen LogP contribution in [0.4, 0.5) is 11.7 Å². The van der Waals surface area contributed by atoms with Crippen molar-refractivity contribution in [1.29, 1.82) is 0 Å². The van der Waals surface area contributed by atoms with E-state index in [4.69, 9.17) is 9.52 Å². The van der Waals surface area contributed by atoms with Gasteiger partial charge in [0.1, 0.15) is 0 Å². The molecule has 1 amide bonds. The second-order valence-corrected chi connectivity index (χ2v) is 4.56. The maximum Gasteiger partial charge on any atom is 0.315 e. The Hall–Kier alpha value is -2.90. The molecule has 0 bridgehead atoms. The number of rotatable bonds is 7. The molecule has 8 heteroatoms. The molecule has 22 heavy (non-hydrogen) atoms. The maximum absolute atomic E-state index is 11.9. The van der Waals surface area contributed by atoms with Crippen LogP contribution in [0.5, 0.6) is 0 Å². The number of benzene rings is 1. The number of carboxylic acids is 1. The summed E-state index contributed by atoms with van der Waals surface area (Å²) in [5, 5.41) is 21.1. The van der Waals surface area contributed by atoms with Gasteiger partial charge in [-0.05, 0) is 30.5 Å². The number of hydrogen-bond donors (Lipinski definition) is 3. The summed E-state index contributed by atoms with van der Waals surface area (Å²) in [6.45, 7) is 0. The highest BCUT2D eigenvalue weighted by molar-refractivity contribution is 6.00. The van der Waals surface area contributed by atoms with Gasteiger partial charge < -0.3 is 20.2 Å². The van der Waals surface area contributed by atoms with Gasteiger partial charge in [-0.3, -0.25) is 9.59 Å². The number of aliphatic carboxylic acids is 1. The quantitative estimate of drug-likeness (QED) is 0.713. The molecule has 0 saturated carbocycles. The van der Waals surface area contributed by atoms with E-state index in [0.717, 1.165) is 5.56 Å². The van der Waals surface area contributed by atoms with E-state index in [0.29, 0.717) is 18.5 Å². The van der Waals surface area contributed by atoms with Crippen LogP contribution < -0.4 is 10.6 Å². The fraction of sp³-hybridized carbons (Fsp3) is 0.286. The third kappa shape index (κ3) is 4.30. The molecule has 0 unspecified atom stereocenters. The van der Waals surface area contributed by atoms with Crippen molar-refractivity contribution in [3.63, 3.8) is 0 Å². The van der Waals surface area contributed by atoms with Crippen LogP contribution in [0, 0.1) is 0 Å². The van der Waals surface area contributed by atoms with E-state index < -0.39 is 11.9 Å². The van der Waals surface area contributed by atoms with Crippen LogP contribution in [-0.2, 0) is 11.2 Å². The largest absolute Gasteiger partial charge is 0.481 e. The van der Waals surface area contributed by atoms with Crippen molar-refractivity contribution in [2.75, 3.05) is 17.7 Å². The molecule has 8 nitrogen and oxygen atoms in total. The van der Waals surface area contributed by atoms with E-state index in [1.807, 2.05) is 12.1 Å². The number of carboxylic acid groups (broad SMARTS) is 1. The van der Waals surface area contributed by atoms with Gasteiger partial charge >= 0.3 is 23.8 Å². The Morgan fingerprint density at radius 3 is 2.55 bits per heavy atom. The molecule has 0 fully saturated rings. The lowest BCUT2D eigenvalue weighted by atomic mass is 10.1. The maximum atomic E-state index is 11.9. The first-order valence-electron chi connectivity index (χ1n) is 6.72. The van der Waals surface area contributed by atoms with E-state index in [2.05, 4.69) is 20.8 Å². The van der Waals surface area contributed by atoms with Crippen molar-refractivity contribution in [3.8, 4) is 0 Å². The molecule has 0 aliphatic rings. The number of aromatic nitrogens is 2. The zero-order chi connectivity index (χ0) is 15.9. The third-order valence-corrected chi connectivity index (χ3v) is 2.90. The first-order valence-corrected chi connectivity index (χ1v) is 6.72. The number of nitrogens with one attached hydrogen (secondary N) is 2. The smallest absolute Gasteiger partial charge is 0.315 e. The van der Waals surface area contributed by atoms with Gasteiger partial charge in [0.25, 0.3) is 0 Å². The fourth-order valence-corrected chi connectivity index (χ4v) is 1.80. The molecule has 2 aromatic rings. The predicted molar refractivity (Wildman–Crippen MR) is 78.8 cm³/mol. The van der Waals surface area contributed by atoms with Crippen LogP contribution in [0.15, 0.2) is 28.7 Å². The lowest BCUT2D eigenvalue weighted by molar-refractivity contribution is -0.137. The average molecular weight is 304 g/mol. The van der Waals surface area contributed by atoms with Crippen LogP contribution in [0.3, 0.4) is 0 Å². The zero-order valence-electron chi connectivity index (χ0n) is 12.0. The van der Waals surface area contributed by atoms with Gasteiger partial charge in [0, 0.05) is 19.2 Å². The van der Waals surface area contributed by atoms with Gasteiger partial charge in [-0.25, -0.2) is 0 Å². The van der Waals surface area contributed by atoms with Gasteiger partial charge in [0.05, 0.1) is 0 Å². The number of amides is 1. The molecular formula is C14H16N4O4. The topological polar surface area (TPSA) is 117 Å². The molecule has 1 aromatic heterocycles. The summed E-state index contributed by atoms with van der Waals surface area (Å²) in [5.41, 5.74) is 1.60. The summed E-state index contributed by atoms with van der Waals surface area (Å²) >= 11 is 0. The summed E-state index contributed by atoms with van der Waals surface area (Å²) in [7, 11) is 1.61. The van der Waals surface area contributed by atoms with Crippen molar-refractivity contribution < 1.29 is 19.1 Å². The SMILES string of the molecule is CNc1nnc(C(=O)Nc2ccc(CCCC(=O)O)cc2)o1. The molecule has 0 spiro atoms. The zero-order valence-corrected chi connectivity index (χ0v) is 12.0. The summed E-state index contributed by atoms with van der Waals surface area (Å²) in [5.74, 6) is -1.42. The highest BCUT2D eigenvalue weighted by atomic mass is 16.4. The molecule has 0 saturated heterocycles. The molecular weight excluding hydrogens is 288 g/mol. The first kappa shape index (κ1) is 15.5. The summed E-state index contributed by atoms with van der Waals surface area (Å²) < 4.78 is 5.07. The van der Waals surface area contributed by atoms with Crippen LogP contribution >= 0.6 is 0 Å². The van der Waals surface area contributed by atoms with Crippen molar-refractivity contribution in [2.24, 2.45) is 0 Å². The second-order valence-electron chi connectivity index (χ2n) is 4.56. The van der Waals surface area contributed by atoms with Gasteiger partial charge in [0.2, 0.25) is 0 Å². The molecule has 0 aliphatic heterocycles. The van der Waals surface area contributed by atoms with Crippen molar-refractivity contribution in [1.82, 2.24) is 10.2 Å². The minimum Gasteiger partial charge on any atom is -0.481 e. The third-order valence-electron chi connectivity index (χ3n) is 2.90. The predicted octanol–water partition coefficient (Wildman–Crippen LogP) is 1.77. The second kappa shape index (κ2) is 7.21. The standard InChI is InChI=1S/C14H16N4O4/c1-15-14-18-17-13(22-14)12(21)16-10-7-5-9(6-8-10)3-2-4-11(19)20/h5-8H,2-4H2,1H3,(H,15,18)(H,16,21)(H,19,20). The Balaban J connectivity index is 1.90. The van der Waals surface area contributed by atoms with E-state index in [1.54, 1.807) is 19.2 Å². The minimum absolute atomic E-state index is 0.130. The fourth-order valence-electron chi connectivity index (χ4n) is 1.80. The summed E-state index contributed by atoms with van der Waals surface area (Å²) in [6.07, 6.45) is 1.40. The number of hydrogen-bond acceptors (Lipinski definition) is 6. The Morgan fingerprint density at radius 1 is 1.23 bits per heavy atom. The average Bonchev–Trinajstić information content (AvgIpc) is 2.98. The lowest BCUT2D eigenvalue weighted by Crippen LogP contribution is -2.12. The highest BCUT2D eigenvalue weighted by Crippen LogP contribution is 2.13. The monoisotopic (exact) mass is 304 g/mol. The van der Waals surface area contributed by atoms with Crippen LogP contribution in [0.25, 0.3) is 0 Å². The van der Waals surface area contributed by atoms with Gasteiger partial charge in [-0.15, -0.1) is 5.10 Å². The molecule has 0 radical (unpaired) electrons.